The van der Waals surface area contributed by atoms with Crippen molar-refractivity contribution in [3.63, 3.8) is 0 Å². The third kappa shape index (κ3) is 6.52. The van der Waals surface area contributed by atoms with Crippen molar-refractivity contribution in [2.75, 3.05) is 40.3 Å². The Morgan fingerprint density at radius 1 is 0.632 bits per heavy atom. The van der Waals surface area contributed by atoms with Gasteiger partial charge in [-0.2, -0.15) is 0 Å². The number of hydrogen-bond acceptors (Lipinski definition) is 2. The Labute approximate surface area is 232 Å². The summed E-state index contributed by atoms with van der Waals surface area (Å²) < 4.78 is 0. The summed E-state index contributed by atoms with van der Waals surface area (Å²) in [5.41, 5.74) is 13.5. The van der Waals surface area contributed by atoms with Gasteiger partial charge in [0.2, 0.25) is 0 Å². The molecular formula is C36H50N2. The van der Waals surface area contributed by atoms with Crippen LogP contribution in [0.2, 0.25) is 0 Å². The van der Waals surface area contributed by atoms with Gasteiger partial charge in [-0.15, -0.1) is 0 Å². The third-order valence-corrected chi connectivity index (χ3v) is 9.48. The number of rotatable bonds is 2. The second-order valence-corrected chi connectivity index (χ2v) is 14.1. The first-order chi connectivity index (χ1) is 18.1. The van der Waals surface area contributed by atoms with Crippen molar-refractivity contribution in [1.29, 1.82) is 0 Å². The van der Waals surface area contributed by atoms with Gasteiger partial charge in [-0.3, -0.25) is 0 Å². The van der Waals surface area contributed by atoms with Crippen molar-refractivity contribution in [3.05, 3.63) is 81.9 Å². The van der Waals surface area contributed by atoms with Gasteiger partial charge in [-0.25, -0.2) is 0 Å². The molecule has 2 aromatic carbocycles. The highest BCUT2D eigenvalue weighted by Crippen LogP contribution is 2.39. The predicted octanol–water partition coefficient (Wildman–Crippen LogP) is 7.84. The standard InChI is InChI=1S/2C18H25N/c1-18(2)9-6-14-4-5-16(12-17(14)13-18)15-7-10-19(3)11-8-15;1-18(2)10-7-17-15(13-18)5-4-6-16(17)14-8-11-19(3)12-9-14/h4-5,7,12H,6,8-11,13H2,1-3H3;4-6,8H,7,9-13H2,1-3H3. The molecule has 204 valence electrons. The smallest absolute Gasteiger partial charge is 0.0166 e. The lowest BCUT2D eigenvalue weighted by atomic mass is 9.72. The van der Waals surface area contributed by atoms with Crippen LogP contribution in [0, 0.1) is 10.8 Å². The van der Waals surface area contributed by atoms with Gasteiger partial charge in [0, 0.05) is 26.2 Å². The maximum Gasteiger partial charge on any atom is 0.0166 e. The normalized spacial score (nSPS) is 22.8. The molecular weight excluding hydrogens is 460 g/mol. The van der Waals surface area contributed by atoms with E-state index in [1.807, 2.05) is 0 Å². The van der Waals surface area contributed by atoms with Gasteiger partial charge in [-0.05, 0) is 121 Å². The molecule has 0 amide bonds. The Balaban J connectivity index is 0.000000155. The van der Waals surface area contributed by atoms with Crippen LogP contribution in [0.25, 0.3) is 11.1 Å². The van der Waals surface area contributed by atoms with Crippen LogP contribution in [0.4, 0.5) is 0 Å². The molecule has 2 aliphatic carbocycles. The van der Waals surface area contributed by atoms with Crippen LogP contribution >= 0.6 is 0 Å². The monoisotopic (exact) mass is 510 g/mol. The van der Waals surface area contributed by atoms with Crippen molar-refractivity contribution >= 4 is 11.1 Å². The highest BCUT2D eigenvalue weighted by Gasteiger charge is 2.28. The first-order valence-corrected chi connectivity index (χ1v) is 15.1. The molecule has 0 spiro atoms. The van der Waals surface area contributed by atoms with E-state index in [9.17, 15) is 0 Å². The molecule has 4 aliphatic rings. The summed E-state index contributed by atoms with van der Waals surface area (Å²) in [6.07, 6.45) is 14.9. The summed E-state index contributed by atoms with van der Waals surface area (Å²) >= 11 is 0. The Morgan fingerprint density at radius 3 is 1.92 bits per heavy atom. The van der Waals surface area contributed by atoms with E-state index in [0.29, 0.717) is 10.8 Å². The second-order valence-electron chi connectivity index (χ2n) is 14.1. The van der Waals surface area contributed by atoms with Gasteiger partial charge < -0.3 is 9.80 Å². The van der Waals surface area contributed by atoms with Crippen LogP contribution < -0.4 is 0 Å². The molecule has 38 heavy (non-hydrogen) atoms. The van der Waals surface area contributed by atoms with E-state index in [2.05, 4.69) is 100 Å². The third-order valence-electron chi connectivity index (χ3n) is 9.48. The maximum atomic E-state index is 2.47. The van der Waals surface area contributed by atoms with Gasteiger partial charge in [0.05, 0.1) is 0 Å². The molecule has 2 aliphatic heterocycles. The lowest BCUT2D eigenvalue weighted by Gasteiger charge is -2.33. The molecule has 2 heteroatoms. The molecule has 0 aromatic heterocycles. The molecule has 0 saturated heterocycles. The number of nitrogens with zero attached hydrogens (tertiary/aromatic N) is 2. The summed E-state index contributed by atoms with van der Waals surface area (Å²) in [4.78, 5) is 4.77. The zero-order valence-electron chi connectivity index (χ0n) is 25.0. The Kier molecular flexibility index (Phi) is 8.04. The van der Waals surface area contributed by atoms with E-state index in [0.717, 1.165) is 13.1 Å². The SMILES string of the molecule is CN1CC=C(c2ccc3c(c2)CC(C)(C)CC3)CC1.CN1CC=C(c2cccc3c2CCC(C)(C)C3)CC1. The van der Waals surface area contributed by atoms with E-state index in [-0.39, 0.29) is 0 Å². The minimum atomic E-state index is 0.479. The second kappa shape index (κ2) is 11.1. The van der Waals surface area contributed by atoms with E-state index in [1.165, 1.54) is 70.0 Å². The number of hydrogen-bond donors (Lipinski definition) is 0. The lowest BCUT2D eigenvalue weighted by molar-refractivity contribution is 0.315. The summed E-state index contributed by atoms with van der Waals surface area (Å²) in [6.45, 7) is 14.2. The predicted molar refractivity (Wildman–Crippen MR) is 165 cm³/mol. The van der Waals surface area contributed by atoms with Crippen LogP contribution in [0.3, 0.4) is 0 Å². The number of aryl methyl sites for hydroxylation is 1. The summed E-state index contributed by atoms with van der Waals surface area (Å²) in [5, 5.41) is 0. The van der Waals surface area contributed by atoms with Gasteiger partial charge in [-0.1, -0.05) is 76.2 Å². The first-order valence-electron chi connectivity index (χ1n) is 15.1. The van der Waals surface area contributed by atoms with Gasteiger partial charge >= 0.3 is 0 Å². The minimum Gasteiger partial charge on any atom is -0.302 e. The van der Waals surface area contributed by atoms with Gasteiger partial charge in [0.1, 0.15) is 0 Å². The van der Waals surface area contributed by atoms with Crippen molar-refractivity contribution in [1.82, 2.24) is 9.80 Å². The van der Waals surface area contributed by atoms with Gasteiger partial charge in [0.25, 0.3) is 0 Å². The van der Waals surface area contributed by atoms with Crippen LogP contribution in [-0.2, 0) is 25.7 Å². The number of likely N-dealkylation sites (N-methyl/N-ethyl adjacent to an activating group) is 2. The molecule has 0 atom stereocenters. The molecule has 0 saturated carbocycles. The lowest BCUT2D eigenvalue weighted by Crippen LogP contribution is -2.25. The fraction of sp³-hybridized carbons (Fsp3) is 0.556. The molecule has 0 N–H and O–H groups in total. The van der Waals surface area contributed by atoms with Crippen molar-refractivity contribution in [2.24, 2.45) is 10.8 Å². The number of benzene rings is 2. The largest absolute Gasteiger partial charge is 0.302 e. The first kappa shape index (κ1) is 27.4. The van der Waals surface area contributed by atoms with E-state index in [4.69, 9.17) is 0 Å². The molecule has 0 fully saturated rings. The van der Waals surface area contributed by atoms with Crippen LogP contribution in [-0.4, -0.2) is 50.1 Å². The molecule has 0 bridgehead atoms. The van der Waals surface area contributed by atoms with E-state index in [1.54, 1.807) is 39.0 Å². The van der Waals surface area contributed by atoms with Crippen molar-refractivity contribution in [3.8, 4) is 0 Å². The zero-order chi connectivity index (χ0) is 26.9. The fourth-order valence-corrected chi connectivity index (χ4v) is 6.82. The summed E-state index contributed by atoms with van der Waals surface area (Å²) in [5.74, 6) is 0. The van der Waals surface area contributed by atoms with Crippen LogP contribution in [0.1, 0.15) is 86.8 Å². The van der Waals surface area contributed by atoms with E-state index < -0.39 is 0 Å². The molecule has 0 unspecified atom stereocenters. The molecule has 2 aromatic rings. The summed E-state index contributed by atoms with van der Waals surface area (Å²) in [7, 11) is 4.40. The Bertz CT molecular complexity index is 1200. The fourth-order valence-electron chi connectivity index (χ4n) is 6.82. The number of fused-ring (bicyclic) bond motifs is 2. The molecule has 2 nitrogen and oxygen atoms in total. The molecule has 6 rings (SSSR count). The maximum absolute atomic E-state index is 2.47. The van der Waals surface area contributed by atoms with E-state index >= 15 is 0 Å². The minimum absolute atomic E-state index is 0.479. The summed E-state index contributed by atoms with van der Waals surface area (Å²) in [6, 6.07) is 14.1. The Hall–Kier alpha value is -2.16. The quantitative estimate of drug-likeness (QED) is 0.406. The highest BCUT2D eigenvalue weighted by atomic mass is 15.1. The van der Waals surface area contributed by atoms with Crippen LogP contribution in [0.15, 0.2) is 48.6 Å². The Morgan fingerprint density at radius 2 is 1.26 bits per heavy atom. The topological polar surface area (TPSA) is 6.48 Å². The zero-order valence-corrected chi connectivity index (χ0v) is 25.0. The van der Waals surface area contributed by atoms with Gasteiger partial charge in [0.15, 0.2) is 0 Å². The average molecular weight is 511 g/mol. The highest BCUT2D eigenvalue weighted by molar-refractivity contribution is 5.71. The van der Waals surface area contributed by atoms with Crippen LogP contribution in [0.5, 0.6) is 0 Å². The van der Waals surface area contributed by atoms with Crippen molar-refractivity contribution in [2.45, 2.75) is 79.1 Å². The van der Waals surface area contributed by atoms with Crippen molar-refractivity contribution < 1.29 is 0 Å². The average Bonchev–Trinajstić information content (AvgIpc) is 2.88. The molecule has 0 radical (unpaired) electrons. The molecule has 2 heterocycles.